The largest absolute Gasteiger partial charge is 0.385 e. The van der Waals surface area contributed by atoms with Crippen molar-refractivity contribution in [1.82, 2.24) is 0 Å². The van der Waals surface area contributed by atoms with E-state index in [0.29, 0.717) is 6.79 Å². The van der Waals surface area contributed by atoms with E-state index < -0.39 is 0 Å². The van der Waals surface area contributed by atoms with E-state index in [1.807, 2.05) is 0 Å². The molecule has 0 aliphatic rings. The number of ether oxygens (including phenoxy) is 3. The molecular formula is C8H20O3. The summed E-state index contributed by atoms with van der Waals surface area (Å²) >= 11 is 0. The van der Waals surface area contributed by atoms with Gasteiger partial charge in [0.15, 0.2) is 0 Å². The zero-order valence-corrected chi connectivity index (χ0v) is 8.05. The lowest BCUT2D eigenvalue weighted by Crippen LogP contribution is -1.87. The van der Waals surface area contributed by atoms with Gasteiger partial charge in [-0.15, -0.1) is 0 Å². The molecule has 11 heavy (non-hydrogen) atoms. The number of hydrogen-bond acceptors (Lipinski definition) is 3. The smallest absolute Gasteiger partial charge is 0.145 e. The van der Waals surface area contributed by atoms with Crippen LogP contribution in [-0.2, 0) is 14.2 Å². The Morgan fingerprint density at radius 2 is 1.45 bits per heavy atom. The average Bonchev–Trinajstić information content (AvgIpc) is 2.04. The van der Waals surface area contributed by atoms with Crippen LogP contribution in [0, 0.1) is 0 Å². The lowest BCUT2D eigenvalue weighted by molar-refractivity contribution is -0.00271. The molecule has 0 aliphatic carbocycles. The van der Waals surface area contributed by atoms with Crippen molar-refractivity contribution in [1.29, 1.82) is 0 Å². The van der Waals surface area contributed by atoms with Crippen LogP contribution in [0.15, 0.2) is 0 Å². The lowest BCUT2D eigenvalue weighted by atomic mass is 10.4. The van der Waals surface area contributed by atoms with Crippen LogP contribution in [0.25, 0.3) is 0 Å². The molecule has 0 aliphatic heterocycles. The first-order chi connectivity index (χ1) is 5.33. The molecule has 0 aromatic heterocycles. The van der Waals surface area contributed by atoms with Crippen molar-refractivity contribution < 1.29 is 14.2 Å². The monoisotopic (exact) mass is 164 g/mol. The first-order valence-electron chi connectivity index (χ1n) is 3.80. The van der Waals surface area contributed by atoms with Gasteiger partial charge in [-0.2, -0.15) is 0 Å². The Morgan fingerprint density at radius 3 is 1.55 bits per heavy atom. The highest BCUT2D eigenvalue weighted by Gasteiger charge is 1.74. The third kappa shape index (κ3) is 25.8. The number of unbranched alkanes of at least 4 members (excludes halogenated alkanes) is 1. The molecule has 0 atom stereocenters. The minimum Gasteiger partial charge on any atom is -0.385 e. The van der Waals surface area contributed by atoms with E-state index in [4.69, 9.17) is 4.74 Å². The predicted molar refractivity (Wildman–Crippen MR) is 45.7 cm³/mol. The molecule has 0 fully saturated rings. The van der Waals surface area contributed by atoms with E-state index in [0.717, 1.165) is 6.61 Å². The van der Waals surface area contributed by atoms with Crippen molar-refractivity contribution in [3.8, 4) is 0 Å². The highest BCUT2D eigenvalue weighted by atomic mass is 16.6. The van der Waals surface area contributed by atoms with Crippen LogP contribution in [0.1, 0.15) is 19.8 Å². The Bertz CT molecular complexity index is 42.6. The third-order valence-electron chi connectivity index (χ3n) is 0.938. The molecule has 70 valence electrons. The van der Waals surface area contributed by atoms with Crippen LogP contribution < -0.4 is 0 Å². The van der Waals surface area contributed by atoms with E-state index in [1.165, 1.54) is 12.8 Å². The summed E-state index contributed by atoms with van der Waals surface area (Å²) in [5.74, 6) is 0. The highest BCUT2D eigenvalue weighted by molar-refractivity contribution is 4.26. The topological polar surface area (TPSA) is 27.7 Å². The number of rotatable bonds is 5. The maximum absolute atomic E-state index is 4.78. The quantitative estimate of drug-likeness (QED) is 0.457. The summed E-state index contributed by atoms with van der Waals surface area (Å²) in [6.45, 7) is 3.45. The van der Waals surface area contributed by atoms with Crippen LogP contribution in [-0.4, -0.2) is 34.7 Å². The van der Waals surface area contributed by atoms with Gasteiger partial charge < -0.3 is 14.2 Å². The van der Waals surface area contributed by atoms with Crippen molar-refractivity contribution in [2.75, 3.05) is 34.7 Å². The summed E-state index contributed by atoms with van der Waals surface area (Å²) in [5, 5.41) is 0. The standard InChI is InChI=1S/C5H12O.C3H8O2/c1-3-4-5-6-2;1-4-3-5-2/h3-5H2,1-2H3;3H2,1-2H3. The number of methoxy groups -OCH3 is 3. The van der Waals surface area contributed by atoms with Gasteiger partial charge in [0.05, 0.1) is 0 Å². The van der Waals surface area contributed by atoms with Crippen molar-refractivity contribution in [2.24, 2.45) is 0 Å². The summed E-state index contributed by atoms with van der Waals surface area (Å²) in [4.78, 5) is 0. The van der Waals surface area contributed by atoms with Gasteiger partial charge >= 0.3 is 0 Å². The Labute approximate surface area is 69.6 Å². The highest BCUT2D eigenvalue weighted by Crippen LogP contribution is 1.83. The van der Waals surface area contributed by atoms with Gasteiger partial charge in [-0.3, -0.25) is 0 Å². The zero-order valence-electron chi connectivity index (χ0n) is 8.05. The van der Waals surface area contributed by atoms with Crippen molar-refractivity contribution in [3.05, 3.63) is 0 Å². The normalized spacial score (nSPS) is 8.73. The molecule has 0 N–H and O–H groups in total. The molecule has 0 spiro atoms. The van der Waals surface area contributed by atoms with Crippen LogP contribution in [0.2, 0.25) is 0 Å². The molecule has 0 unspecified atom stereocenters. The molecule has 0 rings (SSSR count). The summed E-state index contributed by atoms with van der Waals surface area (Å²) in [7, 11) is 4.91. The van der Waals surface area contributed by atoms with Crippen molar-refractivity contribution in [2.45, 2.75) is 19.8 Å². The van der Waals surface area contributed by atoms with E-state index in [9.17, 15) is 0 Å². The minimum absolute atomic E-state index is 0.389. The SMILES string of the molecule is CCCCOC.COCOC. The molecule has 0 radical (unpaired) electrons. The fraction of sp³-hybridized carbons (Fsp3) is 1.00. The van der Waals surface area contributed by atoms with Crippen molar-refractivity contribution in [3.63, 3.8) is 0 Å². The maximum atomic E-state index is 4.78. The molecule has 3 nitrogen and oxygen atoms in total. The average molecular weight is 164 g/mol. The molecule has 0 bridgehead atoms. The van der Waals surface area contributed by atoms with Crippen LogP contribution >= 0.6 is 0 Å². The van der Waals surface area contributed by atoms with E-state index >= 15 is 0 Å². The van der Waals surface area contributed by atoms with Crippen molar-refractivity contribution >= 4 is 0 Å². The molecule has 0 amide bonds. The van der Waals surface area contributed by atoms with E-state index in [2.05, 4.69) is 16.4 Å². The summed E-state index contributed by atoms with van der Waals surface area (Å²) in [5.41, 5.74) is 0. The Balaban J connectivity index is 0. The molecule has 0 aromatic carbocycles. The van der Waals surface area contributed by atoms with Gasteiger partial charge in [-0.25, -0.2) is 0 Å². The minimum atomic E-state index is 0.389. The van der Waals surface area contributed by atoms with Gasteiger partial charge in [0.2, 0.25) is 0 Å². The van der Waals surface area contributed by atoms with Crippen LogP contribution in [0.3, 0.4) is 0 Å². The number of hydrogen-bond donors (Lipinski definition) is 0. The summed E-state index contributed by atoms with van der Waals surface area (Å²) in [6.07, 6.45) is 2.42. The Kier molecular flexibility index (Phi) is 20.2. The Hall–Kier alpha value is -0.120. The van der Waals surface area contributed by atoms with Gasteiger partial charge in [0.1, 0.15) is 6.79 Å². The first-order valence-corrected chi connectivity index (χ1v) is 3.80. The van der Waals surface area contributed by atoms with Crippen LogP contribution in [0.5, 0.6) is 0 Å². The zero-order chi connectivity index (χ0) is 8.95. The second kappa shape index (κ2) is 16.5. The van der Waals surface area contributed by atoms with E-state index in [-0.39, 0.29) is 0 Å². The fourth-order valence-electron chi connectivity index (χ4n) is 0.407. The second-order valence-corrected chi connectivity index (χ2v) is 2.04. The second-order valence-electron chi connectivity index (χ2n) is 2.04. The molecule has 0 saturated carbocycles. The van der Waals surface area contributed by atoms with Crippen LogP contribution in [0.4, 0.5) is 0 Å². The van der Waals surface area contributed by atoms with Gasteiger partial charge in [0, 0.05) is 27.9 Å². The Morgan fingerprint density at radius 1 is 0.909 bits per heavy atom. The molecule has 3 heteroatoms. The molecule has 0 heterocycles. The molecule has 0 aromatic rings. The third-order valence-corrected chi connectivity index (χ3v) is 0.938. The predicted octanol–water partition coefficient (Wildman–Crippen LogP) is 1.67. The van der Waals surface area contributed by atoms with Gasteiger partial charge in [0.25, 0.3) is 0 Å². The maximum Gasteiger partial charge on any atom is 0.145 e. The van der Waals surface area contributed by atoms with Gasteiger partial charge in [-0.05, 0) is 6.42 Å². The van der Waals surface area contributed by atoms with E-state index in [1.54, 1.807) is 21.3 Å². The molecular weight excluding hydrogens is 144 g/mol. The summed E-state index contributed by atoms with van der Waals surface area (Å²) < 4.78 is 13.7. The lowest BCUT2D eigenvalue weighted by Gasteiger charge is -1.89. The summed E-state index contributed by atoms with van der Waals surface area (Å²) in [6, 6.07) is 0. The fourth-order valence-corrected chi connectivity index (χ4v) is 0.407. The first kappa shape index (κ1) is 13.5. The molecule has 0 saturated heterocycles. The van der Waals surface area contributed by atoms with Gasteiger partial charge in [-0.1, -0.05) is 13.3 Å².